The number of amides is 1. The highest BCUT2D eigenvalue weighted by molar-refractivity contribution is 5.76. The van der Waals surface area contributed by atoms with Gasteiger partial charge in [0.25, 0.3) is 0 Å². The average Bonchev–Trinajstić information content (AvgIpc) is 2.62. The first kappa shape index (κ1) is 25.0. The van der Waals surface area contributed by atoms with Crippen molar-refractivity contribution in [3.63, 3.8) is 0 Å². The predicted molar refractivity (Wildman–Crippen MR) is 116 cm³/mol. The van der Waals surface area contributed by atoms with Crippen LogP contribution in [0.25, 0.3) is 0 Å². The van der Waals surface area contributed by atoms with Crippen molar-refractivity contribution in [3.05, 3.63) is 35.9 Å². The molecule has 0 bridgehead atoms. The van der Waals surface area contributed by atoms with E-state index < -0.39 is 5.60 Å². The van der Waals surface area contributed by atoms with Gasteiger partial charge in [-0.25, -0.2) is 4.79 Å². The third-order valence-electron chi connectivity index (χ3n) is 4.53. The molecule has 0 N–H and O–H groups in total. The number of likely N-dealkylation sites (N-methyl/N-ethyl adjacent to an activating group) is 1. The molecule has 0 aliphatic rings. The zero-order valence-corrected chi connectivity index (χ0v) is 19.1. The number of rotatable bonds is 10. The van der Waals surface area contributed by atoms with Gasteiger partial charge in [-0.1, -0.05) is 44.2 Å². The van der Waals surface area contributed by atoms with E-state index in [0.717, 1.165) is 24.9 Å². The molecule has 1 unspecified atom stereocenters. The fourth-order valence-electron chi connectivity index (χ4n) is 3.06. The van der Waals surface area contributed by atoms with Crippen molar-refractivity contribution in [1.29, 1.82) is 0 Å². The molecule has 0 aliphatic heterocycles. The molecular weight excluding hydrogens is 368 g/mol. The zero-order valence-electron chi connectivity index (χ0n) is 19.1. The van der Waals surface area contributed by atoms with Crippen molar-refractivity contribution in [1.82, 2.24) is 9.80 Å². The Kier molecular flexibility index (Phi) is 10.2. The standard InChI is InChI=1S/C23H38N2O4/c1-18(2)20(21(26)28-17-19-13-9-8-10-14-19)24(6)15-11-12-16-25(7)22(27)29-23(3,4)5/h8-10,13-14,18,20H,11-12,15-17H2,1-7H3. The van der Waals surface area contributed by atoms with Gasteiger partial charge in [0.2, 0.25) is 0 Å². The van der Waals surface area contributed by atoms with Crippen molar-refractivity contribution in [2.45, 2.75) is 65.7 Å². The normalized spacial score (nSPS) is 12.7. The summed E-state index contributed by atoms with van der Waals surface area (Å²) >= 11 is 0. The molecule has 0 heterocycles. The van der Waals surface area contributed by atoms with Crippen LogP contribution in [0.4, 0.5) is 4.79 Å². The highest BCUT2D eigenvalue weighted by Crippen LogP contribution is 2.14. The fourth-order valence-corrected chi connectivity index (χ4v) is 3.06. The van der Waals surface area contributed by atoms with Crippen LogP contribution in [0.5, 0.6) is 0 Å². The molecule has 1 aromatic rings. The van der Waals surface area contributed by atoms with Crippen LogP contribution in [0.2, 0.25) is 0 Å². The molecule has 1 atom stereocenters. The van der Waals surface area contributed by atoms with Crippen molar-refractivity contribution in [2.75, 3.05) is 27.2 Å². The molecule has 6 nitrogen and oxygen atoms in total. The Bertz CT molecular complexity index is 626. The minimum Gasteiger partial charge on any atom is -0.460 e. The Labute approximate surface area is 176 Å². The first-order valence-electron chi connectivity index (χ1n) is 10.4. The van der Waals surface area contributed by atoms with Crippen LogP contribution in [-0.2, 0) is 20.9 Å². The zero-order chi connectivity index (χ0) is 22.0. The van der Waals surface area contributed by atoms with Gasteiger partial charge in [-0.15, -0.1) is 0 Å². The quantitative estimate of drug-likeness (QED) is 0.427. The molecular formula is C23H38N2O4. The van der Waals surface area contributed by atoms with Crippen molar-refractivity contribution >= 4 is 12.1 Å². The van der Waals surface area contributed by atoms with Gasteiger partial charge in [0.05, 0.1) is 0 Å². The summed E-state index contributed by atoms with van der Waals surface area (Å²) in [4.78, 5) is 28.3. The second-order valence-electron chi connectivity index (χ2n) is 8.87. The average molecular weight is 407 g/mol. The molecule has 0 radical (unpaired) electrons. The van der Waals surface area contributed by atoms with Gasteiger partial charge in [-0.3, -0.25) is 9.69 Å². The van der Waals surface area contributed by atoms with Gasteiger partial charge in [0.15, 0.2) is 0 Å². The van der Waals surface area contributed by atoms with E-state index in [4.69, 9.17) is 9.47 Å². The molecule has 0 saturated heterocycles. The van der Waals surface area contributed by atoms with Gasteiger partial charge in [-0.2, -0.15) is 0 Å². The van der Waals surface area contributed by atoms with E-state index in [0.29, 0.717) is 6.54 Å². The Hall–Kier alpha value is -2.08. The second kappa shape index (κ2) is 11.8. The third-order valence-corrected chi connectivity index (χ3v) is 4.53. The lowest BCUT2D eigenvalue weighted by Crippen LogP contribution is -2.44. The number of unbranched alkanes of at least 4 members (excludes halogenated alkanes) is 1. The van der Waals surface area contributed by atoms with Crippen molar-refractivity contribution in [3.8, 4) is 0 Å². The summed E-state index contributed by atoms with van der Waals surface area (Å²) in [7, 11) is 3.70. The molecule has 1 aromatic carbocycles. The topological polar surface area (TPSA) is 59.1 Å². The minimum atomic E-state index is -0.490. The SMILES string of the molecule is CC(C)C(C(=O)OCc1ccccc1)N(C)CCCCN(C)C(=O)OC(C)(C)C. The van der Waals surface area contributed by atoms with Gasteiger partial charge in [-0.05, 0) is 58.7 Å². The monoisotopic (exact) mass is 406 g/mol. The molecule has 0 aliphatic carbocycles. The number of benzene rings is 1. The van der Waals surface area contributed by atoms with Crippen LogP contribution >= 0.6 is 0 Å². The largest absolute Gasteiger partial charge is 0.460 e. The number of hydrogen-bond donors (Lipinski definition) is 0. The van der Waals surface area contributed by atoms with Gasteiger partial charge < -0.3 is 14.4 Å². The molecule has 29 heavy (non-hydrogen) atoms. The number of esters is 1. The summed E-state index contributed by atoms with van der Waals surface area (Å²) in [5.41, 5.74) is 0.493. The minimum absolute atomic E-state index is 0.146. The van der Waals surface area contributed by atoms with E-state index >= 15 is 0 Å². The molecule has 1 rings (SSSR count). The summed E-state index contributed by atoms with van der Waals surface area (Å²) in [5.74, 6) is -0.0510. The molecule has 0 saturated carbocycles. The highest BCUT2D eigenvalue weighted by atomic mass is 16.6. The van der Waals surface area contributed by atoms with Crippen LogP contribution in [0, 0.1) is 5.92 Å². The van der Waals surface area contributed by atoms with E-state index in [9.17, 15) is 9.59 Å². The molecule has 0 fully saturated rings. The van der Waals surface area contributed by atoms with Crippen LogP contribution in [0.1, 0.15) is 53.0 Å². The maximum Gasteiger partial charge on any atom is 0.410 e. The molecule has 0 spiro atoms. The Balaban J connectivity index is 2.43. The lowest BCUT2D eigenvalue weighted by molar-refractivity contribution is -0.152. The summed E-state index contributed by atoms with van der Waals surface area (Å²) in [6.07, 6.45) is 1.40. The Morgan fingerprint density at radius 3 is 2.14 bits per heavy atom. The first-order chi connectivity index (χ1) is 13.5. The number of carbonyl (C=O) groups is 2. The number of carbonyl (C=O) groups excluding carboxylic acids is 2. The van der Waals surface area contributed by atoms with Crippen LogP contribution < -0.4 is 0 Å². The van der Waals surface area contributed by atoms with Crippen LogP contribution in [0.15, 0.2) is 30.3 Å². The maximum absolute atomic E-state index is 12.6. The van der Waals surface area contributed by atoms with Gasteiger partial charge >= 0.3 is 12.1 Å². The van der Waals surface area contributed by atoms with E-state index in [2.05, 4.69) is 0 Å². The maximum atomic E-state index is 12.6. The summed E-state index contributed by atoms with van der Waals surface area (Å²) in [6, 6.07) is 9.41. The second-order valence-corrected chi connectivity index (χ2v) is 8.87. The third kappa shape index (κ3) is 9.79. The van der Waals surface area contributed by atoms with E-state index in [1.165, 1.54) is 0 Å². The van der Waals surface area contributed by atoms with E-state index in [1.807, 2.05) is 76.9 Å². The number of nitrogens with zero attached hydrogens (tertiary/aromatic N) is 2. The Morgan fingerprint density at radius 1 is 1.00 bits per heavy atom. The van der Waals surface area contributed by atoms with Crippen molar-refractivity contribution < 1.29 is 19.1 Å². The lowest BCUT2D eigenvalue weighted by Gasteiger charge is -2.29. The predicted octanol–water partition coefficient (Wildman–Crippen LogP) is 4.33. The van der Waals surface area contributed by atoms with Gasteiger partial charge in [0.1, 0.15) is 18.2 Å². The molecule has 6 heteroatoms. The number of ether oxygens (including phenoxy) is 2. The summed E-state index contributed by atoms with van der Waals surface area (Å²) in [6.45, 7) is 11.3. The van der Waals surface area contributed by atoms with Gasteiger partial charge in [0, 0.05) is 13.6 Å². The number of hydrogen-bond acceptors (Lipinski definition) is 5. The Morgan fingerprint density at radius 2 is 1.59 bits per heavy atom. The lowest BCUT2D eigenvalue weighted by atomic mass is 10.0. The fraction of sp³-hybridized carbons (Fsp3) is 0.652. The molecule has 0 aromatic heterocycles. The van der Waals surface area contributed by atoms with Crippen LogP contribution in [-0.4, -0.2) is 60.7 Å². The van der Waals surface area contributed by atoms with E-state index in [1.54, 1.807) is 11.9 Å². The van der Waals surface area contributed by atoms with Crippen molar-refractivity contribution in [2.24, 2.45) is 5.92 Å². The smallest absolute Gasteiger partial charge is 0.410 e. The van der Waals surface area contributed by atoms with E-state index in [-0.39, 0.29) is 30.6 Å². The summed E-state index contributed by atoms with van der Waals surface area (Å²) in [5, 5.41) is 0. The highest BCUT2D eigenvalue weighted by Gasteiger charge is 2.28. The first-order valence-corrected chi connectivity index (χ1v) is 10.4. The van der Waals surface area contributed by atoms with Crippen LogP contribution in [0.3, 0.4) is 0 Å². The molecule has 1 amide bonds. The molecule has 164 valence electrons. The summed E-state index contributed by atoms with van der Waals surface area (Å²) < 4.78 is 10.9.